The molecule has 0 bridgehead atoms. The summed E-state index contributed by atoms with van der Waals surface area (Å²) in [4.78, 5) is 14.2. The van der Waals surface area contributed by atoms with Crippen molar-refractivity contribution >= 4 is 5.78 Å². The van der Waals surface area contributed by atoms with Crippen molar-refractivity contribution in [3.63, 3.8) is 0 Å². The van der Waals surface area contributed by atoms with Crippen LogP contribution in [-0.2, 0) is 4.74 Å². The van der Waals surface area contributed by atoms with Gasteiger partial charge in [-0.25, -0.2) is 4.39 Å². The Kier molecular flexibility index (Phi) is 4.66. The predicted molar refractivity (Wildman–Crippen MR) is 71.9 cm³/mol. The maximum Gasteiger partial charge on any atom is 0.164 e. The van der Waals surface area contributed by atoms with Crippen LogP contribution in [0.4, 0.5) is 4.39 Å². The summed E-state index contributed by atoms with van der Waals surface area (Å²) in [5.41, 5.74) is 1.03. The number of methoxy groups -OCH3 is 1. The fraction of sp³-hybridized carbons (Fsp3) is 0.533. The molecule has 0 radical (unpaired) electrons. The van der Waals surface area contributed by atoms with Crippen LogP contribution in [0.15, 0.2) is 18.2 Å². The molecule has 1 heterocycles. The molecule has 104 valence electrons. The number of nitrogens with zero attached hydrogens (tertiary/aromatic N) is 1. The molecular formula is C15H20FNO2. The molecule has 1 aromatic rings. The van der Waals surface area contributed by atoms with Gasteiger partial charge in [-0.3, -0.25) is 4.79 Å². The summed E-state index contributed by atoms with van der Waals surface area (Å²) in [6.45, 7) is 4.26. The second-order valence-electron chi connectivity index (χ2n) is 5.08. The number of benzene rings is 1. The fourth-order valence-electron chi connectivity index (χ4n) is 2.36. The van der Waals surface area contributed by atoms with E-state index in [2.05, 4.69) is 4.90 Å². The lowest BCUT2D eigenvalue weighted by Gasteiger charge is -2.14. The van der Waals surface area contributed by atoms with Gasteiger partial charge in [-0.05, 0) is 25.0 Å². The van der Waals surface area contributed by atoms with E-state index >= 15 is 0 Å². The minimum atomic E-state index is -0.313. The number of hydrogen-bond donors (Lipinski definition) is 0. The van der Waals surface area contributed by atoms with Gasteiger partial charge in [0.25, 0.3) is 0 Å². The number of hydrogen-bond acceptors (Lipinski definition) is 3. The number of ether oxygens (including phenoxy) is 1. The number of carbonyl (C=O) groups is 1. The zero-order valence-corrected chi connectivity index (χ0v) is 11.5. The first-order valence-corrected chi connectivity index (χ1v) is 6.64. The Bertz CT molecular complexity index is 461. The van der Waals surface area contributed by atoms with Crippen molar-refractivity contribution in [2.75, 3.05) is 26.7 Å². The van der Waals surface area contributed by atoms with Gasteiger partial charge in [0.2, 0.25) is 0 Å². The number of halogens is 1. The molecule has 0 saturated carbocycles. The van der Waals surface area contributed by atoms with Crippen LogP contribution < -0.4 is 0 Å². The number of Topliss-reactive ketones (excluding diaryl/α,β-unsaturated/α-hetero) is 1. The van der Waals surface area contributed by atoms with Gasteiger partial charge < -0.3 is 9.64 Å². The largest absolute Gasteiger partial charge is 0.380 e. The van der Waals surface area contributed by atoms with Crippen molar-refractivity contribution in [1.82, 2.24) is 4.90 Å². The van der Waals surface area contributed by atoms with Crippen LogP contribution in [0, 0.1) is 12.7 Å². The summed E-state index contributed by atoms with van der Waals surface area (Å²) in [6.07, 6.45) is 1.73. The molecule has 1 saturated heterocycles. The number of ketones is 1. The minimum Gasteiger partial charge on any atom is -0.380 e. The standard InChI is InChI=1S/C15H20FNO2/c1-11-3-4-12(9-14(11)16)15(18)6-8-17-7-5-13(10-17)19-2/h3-4,9,13H,5-8,10H2,1-2H3. The Balaban J connectivity index is 1.86. The number of likely N-dealkylation sites (tertiary alicyclic amines) is 1. The SMILES string of the molecule is COC1CCN(CCC(=O)c2ccc(C)c(F)c2)C1. The average molecular weight is 265 g/mol. The molecule has 0 amide bonds. The first-order valence-electron chi connectivity index (χ1n) is 6.64. The first kappa shape index (κ1) is 14.2. The molecule has 1 fully saturated rings. The second-order valence-corrected chi connectivity index (χ2v) is 5.08. The Morgan fingerprint density at radius 2 is 2.32 bits per heavy atom. The van der Waals surface area contributed by atoms with Crippen molar-refractivity contribution in [3.8, 4) is 0 Å². The van der Waals surface area contributed by atoms with E-state index in [1.807, 2.05) is 0 Å². The molecule has 3 nitrogen and oxygen atoms in total. The monoisotopic (exact) mass is 265 g/mol. The van der Waals surface area contributed by atoms with Crippen LogP contribution in [0.3, 0.4) is 0 Å². The third kappa shape index (κ3) is 3.61. The molecule has 19 heavy (non-hydrogen) atoms. The highest BCUT2D eigenvalue weighted by Crippen LogP contribution is 2.14. The van der Waals surface area contributed by atoms with Crippen LogP contribution in [0.2, 0.25) is 0 Å². The molecule has 0 N–H and O–H groups in total. The van der Waals surface area contributed by atoms with Crippen LogP contribution >= 0.6 is 0 Å². The molecule has 0 aromatic heterocycles. The average Bonchev–Trinajstić information content (AvgIpc) is 2.87. The quantitative estimate of drug-likeness (QED) is 0.766. The highest BCUT2D eigenvalue weighted by molar-refractivity contribution is 5.96. The van der Waals surface area contributed by atoms with E-state index in [9.17, 15) is 9.18 Å². The normalized spacial score (nSPS) is 19.8. The van der Waals surface area contributed by atoms with Gasteiger partial charge in [-0.2, -0.15) is 0 Å². The van der Waals surface area contributed by atoms with E-state index in [4.69, 9.17) is 4.74 Å². The maximum absolute atomic E-state index is 13.4. The van der Waals surface area contributed by atoms with E-state index in [1.165, 1.54) is 6.07 Å². The third-order valence-corrected chi connectivity index (χ3v) is 3.71. The van der Waals surface area contributed by atoms with E-state index in [0.717, 1.165) is 19.5 Å². The maximum atomic E-state index is 13.4. The zero-order valence-electron chi connectivity index (χ0n) is 11.5. The molecule has 1 aliphatic rings. The first-order chi connectivity index (χ1) is 9.10. The molecular weight excluding hydrogens is 245 g/mol. The van der Waals surface area contributed by atoms with Crippen molar-refractivity contribution in [2.45, 2.75) is 25.9 Å². The molecule has 0 aliphatic carbocycles. The molecule has 4 heteroatoms. The Hall–Kier alpha value is -1.26. The number of carbonyl (C=O) groups excluding carboxylic acids is 1. The lowest BCUT2D eigenvalue weighted by Crippen LogP contribution is -2.25. The Morgan fingerprint density at radius 1 is 1.53 bits per heavy atom. The topological polar surface area (TPSA) is 29.5 Å². The van der Waals surface area contributed by atoms with Crippen LogP contribution in [0.1, 0.15) is 28.8 Å². The minimum absolute atomic E-state index is 0.000216. The van der Waals surface area contributed by atoms with Crippen LogP contribution in [0.25, 0.3) is 0 Å². The fourth-order valence-corrected chi connectivity index (χ4v) is 2.36. The van der Waals surface area contributed by atoms with E-state index in [-0.39, 0.29) is 17.7 Å². The molecule has 1 unspecified atom stereocenters. The van der Waals surface area contributed by atoms with Crippen LogP contribution in [-0.4, -0.2) is 43.5 Å². The smallest absolute Gasteiger partial charge is 0.164 e. The summed E-state index contributed by atoms with van der Waals surface area (Å²) < 4.78 is 18.7. The Morgan fingerprint density at radius 3 is 2.95 bits per heavy atom. The third-order valence-electron chi connectivity index (χ3n) is 3.71. The lowest BCUT2D eigenvalue weighted by molar-refractivity contribution is 0.0943. The van der Waals surface area contributed by atoms with Crippen LogP contribution in [0.5, 0.6) is 0 Å². The summed E-state index contributed by atoms with van der Waals surface area (Å²) in [7, 11) is 1.72. The van der Waals surface area contributed by atoms with Gasteiger partial charge in [0.05, 0.1) is 6.10 Å². The second kappa shape index (κ2) is 6.26. The van der Waals surface area contributed by atoms with E-state index in [0.29, 0.717) is 24.1 Å². The van der Waals surface area contributed by atoms with Crippen molar-refractivity contribution in [3.05, 3.63) is 35.1 Å². The van der Waals surface area contributed by atoms with E-state index < -0.39 is 0 Å². The predicted octanol–water partition coefficient (Wildman–Crippen LogP) is 2.43. The lowest BCUT2D eigenvalue weighted by atomic mass is 10.1. The molecule has 2 rings (SSSR count). The zero-order chi connectivity index (χ0) is 13.8. The summed E-state index contributed by atoms with van der Waals surface area (Å²) in [5, 5.41) is 0. The number of aryl methyl sites for hydroxylation is 1. The Labute approximate surface area is 113 Å². The van der Waals surface area contributed by atoms with Gasteiger partial charge in [-0.15, -0.1) is 0 Å². The highest BCUT2D eigenvalue weighted by atomic mass is 19.1. The number of rotatable bonds is 5. The van der Waals surface area contributed by atoms with Gasteiger partial charge in [-0.1, -0.05) is 12.1 Å². The summed E-state index contributed by atoms with van der Waals surface area (Å²) in [6, 6.07) is 4.68. The highest BCUT2D eigenvalue weighted by Gasteiger charge is 2.22. The molecule has 1 aliphatic heterocycles. The summed E-state index contributed by atoms with van der Waals surface area (Å²) in [5.74, 6) is -0.314. The molecule has 1 atom stereocenters. The molecule has 1 aromatic carbocycles. The van der Waals surface area contributed by atoms with Crippen molar-refractivity contribution < 1.29 is 13.9 Å². The van der Waals surface area contributed by atoms with Crippen molar-refractivity contribution in [1.29, 1.82) is 0 Å². The van der Waals surface area contributed by atoms with Gasteiger partial charge in [0, 0.05) is 38.7 Å². The van der Waals surface area contributed by atoms with Gasteiger partial charge in [0.15, 0.2) is 5.78 Å². The van der Waals surface area contributed by atoms with Gasteiger partial charge >= 0.3 is 0 Å². The summed E-state index contributed by atoms with van der Waals surface area (Å²) >= 11 is 0. The van der Waals surface area contributed by atoms with Gasteiger partial charge in [0.1, 0.15) is 5.82 Å². The van der Waals surface area contributed by atoms with Crippen molar-refractivity contribution in [2.24, 2.45) is 0 Å². The van der Waals surface area contributed by atoms with E-state index in [1.54, 1.807) is 26.2 Å². The molecule has 0 spiro atoms.